The topological polar surface area (TPSA) is 72.5 Å². The van der Waals surface area contributed by atoms with Gasteiger partial charge in [-0.05, 0) is 93.3 Å². The van der Waals surface area contributed by atoms with Gasteiger partial charge in [-0.1, -0.05) is 83.1 Å². The van der Waals surface area contributed by atoms with Crippen LogP contribution in [0.3, 0.4) is 0 Å². The van der Waals surface area contributed by atoms with Crippen LogP contribution in [-0.2, 0) is 32.0 Å². The third kappa shape index (κ3) is 11.9. The first-order valence-corrected chi connectivity index (χ1v) is 29.3. The van der Waals surface area contributed by atoms with Crippen molar-refractivity contribution in [3.63, 3.8) is 0 Å². The van der Waals surface area contributed by atoms with E-state index in [1.165, 1.54) is 6.08 Å². The Morgan fingerprint density at radius 1 is 0.660 bits per heavy atom. The first-order chi connectivity index (χ1) is 20.4. The van der Waals surface area contributed by atoms with Crippen LogP contribution in [0.2, 0.25) is 72.5 Å². The summed E-state index contributed by atoms with van der Waals surface area (Å²) in [4.78, 5) is 13.4. The molecule has 1 fully saturated rings. The Labute approximate surface area is 295 Å². The highest BCUT2D eigenvalue weighted by atomic mass is 28.4. The zero-order valence-corrected chi connectivity index (χ0v) is 39.0. The molecule has 1 rings (SSSR count). The van der Waals surface area contributed by atoms with Gasteiger partial charge in [0.05, 0.1) is 12.7 Å². The fraction of sp³-hybridized carbons (Fsp3) is 0.917. The zero-order valence-electron chi connectivity index (χ0n) is 35.0. The number of hydrogen-bond donors (Lipinski definition) is 0. The molecule has 1 saturated heterocycles. The average molecular weight is 733 g/mol. The van der Waals surface area contributed by atoms with Crippen molar-refractivity contribution in [1.82, 2.24) is 0 Å². The minimum atomic E-state index is -2.38. The SMILES string of the molecule is CC(C)(C)OC(=O)/C=C1\O[C@@H]([C@@H](CO[Si](C)(C)C(C)(C)C)O[Si](C)(C)C(C)(C)C)[C@H](O[Si](C)(C)C(C)(C)C)[C@H]1O[Si](C)(C)C(C)(C)C. The van der Waals surface area contributed by atoms with Gasteiger partial charge in [-0.3, -0.25) is 0 Å². The maximum Gasteiger partial charge on any atom is 0.334 e. The van der Waals surface area contributed by atoms with Gasteiger partial charge in [0.1, 0.15) is 29.7 Å². The molecule has 7 nitrogen and oxygen atoms in total. The van der Waals surface area contributed by atoms with Gasteiger partial charge >= 0.3 is 5.97 Å². The lowest BCUT2D eigenvalue weighted by molar-refractivity contribution is -0.148. The van der Waals surface area contributed by atoms with Gasteiger partial charge in [0.2, 0.25) is 0 Å². The van der Waals surface area contributed by atoms with E-state index in [1.54, 1.807) is 0 Å². The van der Waals surface area contributed by atoms with Crippen molar-refractivity contribution in [3.05, 3.63) is 11.8 Å². The largest absolute Gasteiger partial charge is 0.486 e. The summed E-state index contributed by atoms with van der Waals surface area (Å²) in [7, 11) is -9.23. The zero-order chi connectivity index (χ0) is 37.6. The number of rotatable bonds is 11. The summed E-state index contributed by atoms with van der Waals surface area (Å²) >= 11 is 0. The molecule has 1 heterocycles. The molecule has 0 amide bonds. The minimum absolute atomic E-state index is 0.0256. The molecule has 0 radical (unpaired) electrons. The second-order valence-electron chi connectivity index (χ2n) is 20.8. The van der Waals surface area contributed by atoms with Crippen LogP contribution < -0.4 is 0 Å². The van der Waals surface area contributed by atoms with Crippen LogP contribution in [0.5, 0.6) is 0 Å². The summed E-state index contributed by atoms with van der Waals surface area (Å²) in [6.07, 6.45) is -0.595. The lowest BCUT2D eigenvalue weighted by Gasteiger charge is -2.46. The van der Waals surface area contributed by atoms with Crippen molar-refractivity contribution in [1.29, 1.82) is 0 Å². The second kappa shape index (κ2) is 14.4. The van der Waals surface area contributed by atoms with Crippen molar-refractivity contribution in [3.8, 4) is 0 Å². The fourth-order valence-electron chi connectivity index (χ4n) is 4.00. The van der Waals surface area contributed by atoms with E-state index in [1.807, 2.05) is 20.8 Å². The van der Waals surface area contributed by atoms with Gasteiger partial charge < -0.3 is 27.2 Å². The van der Waals surface area contributed by atoms with Gasteiger partial charge in [0.15, 0.2) is 39.4 Å². The first kappa shape index (κ1) is 44.7. The normalized spacial score (nSPS) is 22.8. The van der Waals surface area contributed by atoms with E-state index in [9.17, 15) is 4.79 Å². The van der Waals surface area contributed by atoms with Crippen LogP contribution in [0, 0.1) is 0 Å². The van der Waals surface area contributed by atoms with E-state index in [2.05, 4.69) is 135 Å². The summed E-state index contributed by atoms with van der Waals surface area (Å²) in [6.45, 7) is 51.0. The van der Waals surface area contributed by atoms with Crippen LogP contribution >= 0.6 is 0 Å². The van der Waals surface area contributed by atoms with Gasteiger partial charge in [-0.25, -0.2) is 4.79 Å². The molecule has 4 atom stereocenters. The van der Waals surface area contributed by atoms with Crippen molar-refractivity contribution >= 4 is 39.2 Å². The fourth-order valence-corrected chi connectivity index (χ4v) is 8.86. The maximum absolute atomic E-state index is 13.4. The molecule has 0 saturated carbocycles. The number of ether oxygens (including phenoxy) is 2. The van der Waals surface area contributed by atoms with Crippen molar-refractivity contribution < 1.29 is 32.0 Å². The van der Waals surface area contributed by atoms with Gasteiger partial charge in [-0.15, -0.1) is 0 Å². The number of esters is 1. The van der Waals surface area contributed by atoms with E-state index in [0.717, 1.165) is 0 Å². The van der Waals surface area contributed by atoms with Crippen LogP contribution in [0.15, 0.2) is 11.8 Å². The Bertz CT molecular complexity index is 1090. The average Bonchev–Trinajstić information content (AvgIpc) is 3.07. The summed E-state index contributed by atoms with van der Waals surface area (Å²) in [5, 5.41) is -0.156. The molecule has 47 heavy (non-hydrogen) atoms. The summed E-state index contributed by atoms with van der Waals surface area (Å²) < 4.78 is 41.5. The first-order valence-electron chi connectivity index (χ1n) is 17.6. The summed E-state index contributed by atoms with van der Waals surface area (Å²) in [5.74, 6) is -0.00334. The quantitative estimate of drug-likeness (QED) is 0.119. The number of carbonyl (C=O) groups is 1. The van der Waals surface area contributed by atoms with Crippen molar-refractivity contribution in [2.45, 2.75) is 206 Å². The third-order valence-electron chi connectivity index (χ3n) is 11.3. The van der Waals surface area contributed by atoms with E-state index >= 15 is 0 Å². The standard InChI is InChI=1S/C36H76O7Si4/c1-32(2,3)40-28(37)24-26-30(42-46(20,21)35(10,11)12)31(43-47(22,23)36(13,14)15)29(39-26)27(41-45(18,19)34(7,8)9)25-38-44(16,17)33(4,5)6/h24,27,29-31H,25H2,1-23H3/b26-24-/t27-,29+,30+,31+/m1/s1. The van der Waals surface area contributed by atoms with E-state index in [0.29, 0.717) is 12.4 Å². The molecule has 0 unspecified atom stereocenters. The van der Waals surface area contributed by atoms with E-state index < -0.39 is 69.3 Å². The molecule has 0 bridgehead atoms. The summed E-state index contributed by atoms with van der Waals surface area (Å²) in [5.41, 5.74) is -0.649. The van der Waals surface area contributed by atoms with Crippen LogP contribution in [0.25, 0.3) is 0 Å². The monoisotopic (exact) mass is 732 g/mol. The lowest BCUT2D eigenvalue weighted by Crippen LogP contribution is -2.57. The minimum Gasteiger partial charge on any atom is -0.486 e. The molecule has 0 N–H and O–H groups in total. The third-order valence-corrected chi connectivity index (χ3v) is 29.3. The summed E-state index contributed by atoms with van der Waals surface area (Å²) in [6, 6.07) is 0. The Kier molecular flexibility index (Phi) is 13.7. The highest BCUT2D eigenvalue weighted by Crippen LogP contribution is 2.47. The van der Waals surface area contributed by atoms with E-state index in [-0.39, 0.29) is 20.2 Å². The molecule has 0 aromatic carbocycles. The Morgan fingerprint density at radius 3 is 1.45 bits per heavy atom. The molecule has 278 valence electrons. The predicted molar refractivity (Wildman–Crippen MR) is 208 cm³/mol. The predicted octanol–water partition coefficient (Wildman–Crippen LogP) is 10.8. The van der Waals surface area contributed by atoms with Crippen LogP contribution in [0.1, 0.15) is 104 Å². The van der Waals surface area contributed by atoms with Gasteiger partial charge in [0, 0.05) is 0 Å². The van der Waals surface area contributed by atoms with Gasteiger partial charge in [-0.2, -0.15) is 0 Å². The Morgan fingerprint density at radius 2 is 1.06 bits per heavy atom. The molecule has 0 aromatic heterocycles. The Hall–Kier alpha value is -0.282. The molecule has 0 aliphatic carbocycles. The van der Waals surface area contributed by atoms with Crippen LogP contribution in [0.4, 0.5) is 0 Å². The highest BCUT2D eigenvalue weighted by Gasteiger charge is 2.56. The molecule has 1 aliphatic rings. The number of hydrogen-bond acceptors (Lipinski definition) is 7. The lowest BCUT2D eigenvalue weighted by atomic mass is 10.1. The number of carbonyl (C=O) groups excluding carboxylic acids is 1. The van der Waals surface area contributed by atoms with Crippen molar-refractivity contribution in [2.75, 3.05) is 6.61 Å². The highest BCUT2D eigenvalue weighted by molar-refractivity contribution is 6.75. The molecule has 1 aliphatic heterocycles. The molecular formula is C36H76O7Si4. The van der Waals surface area contributed by atoms with Crippen LogP contribution in [-0.4, -0.2) is 75.9 Å². The Balaban J connectivity index is 4.05. The molecular weight excluding hydrogens is 657 g/mol. The van der Waals surface area contributed by atoms with Crippen molar-refractivity contribution in [2.24, 2.45) is 0 Å². The molecule has 11 heteroatoms. The van der Waals surface area contributed by atoms with Gasteiger partial charge in [0.25, 0.3) is 0 Å². The maximum atomic E-state index is 13.4. The smallest absolute Gasteiger partial charge is 0.334 e. The molecule has 0 spiro atoms. The molecule has 0 aromatic rings. The second-order valence-corrected chi connectivity index (χ2v) is 39.9. The van der Waals surface area contributed by atoms with E-state index in [4.69, 9.17) is 27.2 Å².